The fraction of sp³-hybridized carbons (Fsp3) is 0.500. The van der Waals surface area contributed by atoms with E-state index in [1.807, 2.05) is 32.9 Å². The molecule has 2 unspecified atom stereocenters. The molecule has 0 fully saturated rings. The van der Waals surface area contributed by atoms with E-state index in [0.717, 1.165) is 12.0 Å². The van der Waals surface area contributed by atoms with Crippen LogP contribution >= 0.6 is 0 Å². The quantitative estimate of drug-likeness (QED) is 0.788. The Bertz CT molecular complexity index is 418. The summed E-state index contributed by atoms with van der Waals surface area (Å²) < 4.78 is 5.60. The third-order valence-electron chi connectivity index (χ3n) is 2.96. The van der Waals surface area contributed by atoms with Gasteiger partial charge in [-0.15, -0.1) is 0 Å². The second kappa shape index (κ2) is 6.28. The van der Waals surface area contributed by atoms with E-state index < -0.39 is 6.10 Å². The highest BCUT2D eigenvalue weighted by atomic mass is 16.5. The molecule has 0 heterocycles. The molecule has 1 amide bonds. The lowest BCUT2D eigenvalue weighted by Crippen LogP contribution is -2.41. The predicted molar refractivity (Wildman–Crippen MR) is 73.6 cm³/mol. The molecule has 0 aromatic heterocycles. The number of nitrogens with one attached hydrogen (secondary N) is 1. The molecule has 4 nitrogen and oxygen atoms in total. The van der Waals surface area contributed by atoms with Crippen molar-refractivity contribution in [1.29, 1.82) is 0 Å². The number of nitrogens with two attached hydrogens (primary N) is 1. The Morgan fingerprint density at radius 3 is 2.72 bits per heavy atom. The number of nitrogen functional groups attached to an aromatic ring is 1. The molecule has 3 N–H and O–H groups in total. The number of para-hydroxylation sites is 1. The molecule has 0 saturated heterocycles. The van der Waals surface area contributed by atoms with Crippen LogP contribution in [0, 0.1) is 6.92 Å². The lowest BCUT2D eigenvalue weighted by atomic mass is 10.2. The number of rotatable bonds is 5. The average molecular weight is 250 g/mol. The van der Waals surface area contributed by atoms with Crippen molar-refractivity contribution in [3.05, 3.63) is 23.8 Å². The van der Waals surface area contributed by atoms with Gasteiger partial charge in [-0.25, -0.2) is 0 Å². The zero-order chi connectivity index (χ0) is 13.7. The van der Waals surface area contributed by atoms with Gasteiger partial charge in [0.05, 0.1) is 5.69 Å². The second-order valence-corrected chi connectivity index (χ2v) is 4.56. The van der Waals surface area contributed by atoms with Crippen LogP contribution in [0.25, 0.3) is 0 Å². The van der Waals surface area contributed by atoms with E-state index in [4.69, 9.17) is 10.5 Å². The van der Waals surface area contributed by atoms with Crippen LogP contribution < -0.4 is 15.8 Å². The Kier molecular flexibility index (Phi) is 5.01. The Labute approximate surface area is 109 Å². The van der Waals surface area contributed by atoms with Crippen LogP contribution in [-0.4, -0.2) is 18.1 Å². The summed E-state index contributed by atoms with van der Waals surface area (Å²) in [6.07, 6.45) is 0.341. The summed E-state index contributed by atoms with van der Waals surface area (Å²) in [5, 5.41) is 2.88. The van der Waals surface area contributed by atoms with Crippen LogP contribution in [0.3, 0.4) is 0 Å². The predicted octanol–water partition coefficient (Wildman–Crippen LogP) is 2.26. The minimum absolute atomic E-state index is 0.120. The minimum atomic E-state index is -0.553. The molecule has 0 aliphatic rings. The standard InChI is InChI=1S/C14H22N2O2/c1-5-10(3)16-14(17)11(4)18-12-8-6-7-9(2)13(12)15/h6-8,10-11H,5,15H2,1-4H3,(H,16,17). The number of aryl methyl sites for hydroxylation is 1. The van der Waals surface area contributed by atoms with E-state index in [1.165, 1.54) is 0 Å². The molecular weight excluding hydrogens is 228 g/mol. The number of amides is 1. The van der Waals surface area contributed by atoms with E-state index in [9.17, 15) is 4.79 Å². The zero-order valence-corrected chi connectivity index (χ0v) is 11.5. The molecule has 2 atom stereocenters. The summed E-state index contributed by atoms with van der Waals surface area (Å²) in [5.41, 5.74) is 7.43. The topological polar surface area (TPSA) is 64.3 Å². The van der Waals surface area contributed by atoms with Gasteiger partial charge in [0.15, 0.2) is 6.10 Å². The number of carbonyl (C=O) groups excluding carboxylic acids is 1. The van der Waals surface area contributed by atoms with Gasteiger partial charge in [-0.05, 0) is 38.8 Å². The van der Waals surface area contributed by atoms with Crippen molar-refractivity contribution in [1.82, 2.24) is 5.32 Å². The third kappa shape index (κ3) is 3.65. The van der Waals surface area contributed by atoms with Crippen molar-refractivity contribution in [3.8, 4) is 5.75 Å². The molecule has 0 aliphatic heterocycles. The number of ether oxygens (including phenoxy) is 1. The van der Waals surface area contributed by atoms with Crippen LogP contribution in [0.1, 0.15) is 32.8 Å². The molecule has 0 aliphatic carbocycles. The number of benzene rings is 1. The van der Waals surface area contributed by atoms with E-state index in [0.29, 0.717) is 11.4 Å². The summed E-state index contributed by atoms with van der Waals surface area (Å²) in [6, 6.07) is 5.69. The largest absolute Gasteiger partial charge is 0.479 e. The van der Waals surface area contributed by atoms with Gasteiger partial charge >= 0.3 is 0 Å². The molecule has 1 rings (SSSR count). The first-order valence-electron chi connectivity index (χ1n) is 6.27. The van der Waals surface area contributed by atoms with Crippen LogP contribution in [0.2, 0.25) is 0 Å². The molecule has 0 saturated carbocycles. The lowest BCUT2D eigenvalue weighted by molar-refractivity contribution is -0.127. The van der Waals surface area contributed by atoms with Gasteiger partial charge in [0.2, 0.25) is 0 Å². The van der Waals surface area contributed by atoms with Crippen LogP contribution in [0.15, 0.2) is 18.2 Å². The monoisotopic (exact) mass is 250 g/mol. The highest BCUT2D eigenvalue weighted by molar-refractivity contribution is 5.81. The van der Waals surface area contributed by atoms with Gasteiger partial charge in [0.1, 0.15) is 5.75 Å². The van der Waals surface area contributed by atoms with Gasteiger partial charge in [-0.1, -0.05) is 19.1 Å². The first-order chi connectivity index (χ1) is 8.45. The van der Waals surface area contributed by atoms with Crippen molar-refractivity contribution in [2.24, 2.45) is 0 Å². The highest BCUT2D eigenvalue weighted by Crippen LogP contribution is 2.25. The molecular formula is C14H22N2O2. The van der Waals surface area contributed by atoms with E-state index >= 15 is 0 Å². The Morgan fingerprint density at radius 2 is 2.11 bits per heavy atom. The first kappa shape index (κ1) is 14.4. The lowest BCUT2D eigenvalue weighted by Gasteiger charge is -2.19. The molecule has 4 heteroatoms. The van der Waals surface area contributed by atoms with Crippen molar-refractivity contribution in [2.45, 2.75) is 46.3 Å². The zero-order valence-electron chi connectivity index (χ0n) is 11.5. The Morgan fingerprint density at radius 1 is 1.44 bits per heavy atom. The van der Waals surface area contributed by atoms with Crippen LogP contribution in [0.5, 0.6) is 5.75 Å². The molecule has 0 radical (unpaired) electrons. The molecule has 18 heavy (non-hydrogen) atoms. The minimum Gasteiger partial charge on any atom is -0.479 e. The summed E-state index contributed by atoms with van der Waals surface area (Å²) in [6.45, 7) is 7.62. The van der Waals surface area contributed by atoms with Crippen molar-refractivity contribution in [2.75, 3.05) is 5.73 Å². The maximum absolute atomic E-state index is 11.8. The Hall–Kier alpha value is -1.71. The summed E-state index contributed by atoms with van der Waals surface area (Å²) in [4.78, 5) is 11.8. The normalized spacial score (nSPS) is 13.8. The SMILES string of the molecule is CCC(C)NC(=O)C(C)Oc1cccc(C)c1N. The Balaban J connectivity index is 2.67. The van der Waals surface area contributed by atoms with E-state index in [2.05, 4.69) is 5.32 Å². The van der Waals surface area contributed by atoms with Gasteiger partial charge < -0.3 is 15.8 Å². The number of hydrogen-bond donors (Lipinski definition) is 2. The fourth-order valence-corrected chi connectivity index (χ4v) is 1.46. The third-order valence-corrected chi connectivity index (χ3v) is 2.96. The van der Waals surface area contributed by atoms with Gasteiger partial charge in [-0.3, -0.25) is 4.79 Å². The van der Waals surface area contributed by atoms with Crippen LogP contribution in [-0.2, 0) is 4.79 Å². The number of hydrogen-bond acceptors (Lipinski definition) is 3. The summed E-state index contributed by atoms with van der Waals surface area (Å²) >= 11 is 0. The van der Waals surface area contributed by atoms with E-state index in [1.54, 1.807) is 13.0 Å². The van der Waals surface area contributed by atoms with Gasteiger partial charge in [-0.2, -0.15) is 0 Å². The molecule has 1 aromatic carbocycles. The van der Waals surface area contributed by atoms with Gasteiger partial charge in [0.25, 0.3) is 5.91 Å². The summed E-state index contributed by atoms with van der Waals surface area (Å²) in [5.74, 6) is 0.437. The second-order valence-electron chi connectivity index (χ2n) is 4.56. The molecule has 1 aromatic rings. The van der Waals surface area contributed by atoms with Gasteiger partial charge in [0, 0.05) is 6.04 Å². The number of carbonyl (C=O) groups is 1. The molecule has 100 valence electrons. The first-order valence-corrected chi connectivity index (χ1v) is 6.27. The fourth-order valence-electron chi connectivity index (χ4n) is 1.46. The van der Waals surface area contributed by atoms with E-state index in [-0.39, 0.29) is 11.9 Å². The molecule has 0 spiro atoms. The van der Waals surface area contributed by atoms with Crippen molar-refractivity contribution < 1.29 is 9.53 Å². The maximum atomic E-state index is 11.8. The summed E-state index contributed by atoms with van der Waals surface area (Å²) in [7, 11) is 0. The van der Waals surface area contributed by atoms with Crippen molar-refractivity contribution in [3.63, 3.8) is 0 Å². The maximum Gasteiger partial charge on any atom is 0.260 e. The average Bonchev–Trinajstić information content (AvgIpc) is 2.34. The number of anilines is 1. The molecule has 0 bridgehead atoms. The smallest absolute Gasteiger partial charge is 0.260 e. The van der Waals surface area contributed by atoms with Crippen LogP contribution in [0.4, 0.5) is 5.69 Å². The highest BCUT2D eigenvalue weighted by Gasteiger charge is 2.17. The van der Waals surface area contributed by atoms with Crippen molar-refractivity contribution >= 4 is 11.6 Å².